The van der Waals surface area contributed by atoms with Gasteiger partial charge in [0.2, 0.25) is 0 Å². The minimum atomic E-state index is 0.667. The van der Waals surface area contributed by atoms with Crippen LogP contribution in [0.3, 0.4) is 0 Å². The van der Waals surface area contributed by atoms with Crippen LogP contribution in [0, 0.1) is 11.7 Å². The Morgan fingerprint density at radius 3 is 2.90 bits per heavy atom. The number of benzene rings is 1. The molecule has 3 rings (SSSR count). The van der Waals surface area contributed by atoms with Crippen LogP contribution in [0.15, 0.2) is 30.3 Å². The summed E-state index contributed by atoms with van der Waals surface area (Å²) < 4.78 is 2.72. The molecule has 0 radical (unpaired) electrons. The van der Waals surface area contributed by atoms with E-state index < -0.39 is 0 Å². The van der Waals surface area contributed by atoms with Gasteiger partial charge in [-0.1, -0.05) is 25.1 Å². The quantitative estimate of drug-likeness (QED) is 0.743. The van der Waals surface area contributed by atoms with E-state index in [4.69, 9.17) is 12.2 Å². The Hall–Kier alpha value is -2.01. The number of para-hydroxylation sites is 1. The fourth-order valence-corrected chi connectivity index (χ4v) is 2.67. The Labute approximate surface area is 122 Å². The molecule has 4 nitrogen and oxygen atoms in total. The number of aryl methyl sites for hydroxylation is 1. The lowest BCUT2D eigenvalue weighted by atomic mass is 10.1. The van der Waals surface area contributed by atoms with Gasteiger partial charge in [-0.15, -0.1) is 0 Å². The minimum Gasteiger partial charge on any atom is -0.300 e. The van der Waals surface area contributed by atoms with Crippen LogP contribution in [-0.2, 0) is 6.54 Å². The van der Waals surface area contributed by atoms with Gasteiger partial charge in [0.1, 0.15) is 0 Å². The highest BCUT2D eigenvalue weighted by atomic mass is 32.1. The van der Waals surface area contributed by atoms with E-state index in [1.807, 2.05) is 25.1 Å². The second-order valence-electron chi connectivity index (χ2n) is 4.83. The van der Waals surface area contributed by atoms with Crippen LogP contribution in [-0.4, -0.2) is 19.7 Å². The van der Waals surface area contributed by atoms with Crippen LogP contribution in [0.5, 0.6) is 0 Å². The summed E-state index contributed by atoms with van der Waals surface area (Å²) in [6, 6.07) is 10.2. The fraction of sp³-hybridized carbons (Fsp3) is 0.267. The third-order valence-corrected chi connectivity index (χ3v) is 3.60. The standard InChI is InChI=1S/C15H16N4S/c1-3-8-19-14(17-18-15(19)20)12-9-10(2)16-13-7-5-4-6-11(12)13/h4-7,9H,3,8H2,1-2H3,(H,18,20). The number of nitrogens with zero attached hydrogens (tertiary/aromatic N) is 3. The summed E-state index contributed by atoms with van der Waals surface area (Å²) in [5.74, 6) is 0.888. The molecule has 0 aliphatic heterocycles. The molecule has 0 unspecified atom stereocenters. The van der Waals surface area contributed by atoms with Crippen molar-refractivity contribution in [3.8, 4) is 11.4 Å². The largest absolute Gasteiger partial charge is 0.300 e. The van der Waals surface area contributed by atoms with E-state index >= 15 is 0 Å². The number of aromatic nitrogens is 4. The maximum atomic E-state index is 5.32. The van der Waals surface area contributed by atoms with Crippen molar-refractivity contribution in [1.29, 1.82) is 0 Å². The summed E-state index contributed by atoms with van der Waals surface area (Å²) >= 11 is 5.32. The van der Waals surface area contributed by atoms with E-state index in [1.165, 1.54) is 0 Å². The maximum absolute atomic E-state index is 5.32. The minimum absolute atomic E-state index is 0.667. The Morgan fingerprint density at radius 1 is 1.30 bits per heavy atom. The molecule has 2 heterocycles. The van der Waals surface area contributed by atoms with Crippen molar-refractivity contribution in [2.45, 2.75) is 26.8 Å². The first kappa shape index (κ1) is 13.0. The van der Waals surface area contributed by atoms with E-state index in [0.717, 1.165) is 41.0 Å². The predicted octanol–water partition coefficient (Wildman–Crippen LogP) is 3.87. The number of nitrogens with one attached hydrogen (secondary N) is 1. The molecule has 20 heavy (non-hydrogen) atoms. The molecular formula is C15H16N4S. The Balaban J connectivity index is 2.32. The van der Waals surface area contributed by atoms with Crippen molar-refractivity contribution in [2.75, 3.05) is 0 Å². The molecule has 0 fully saturated rings. The number of rotatable bonds is 3. The van der Waals surface area contributed by atoms with Crippen molar-refractivity contribution in [2.24, 2.45) is 0 Å². The van der Waals surface area contributed by atoms with Gasteiger partial charge in [-0.2, -0.15) is 5.10 Å². The van der Waals surface area contributed by atoms with E-state index in [-0.39, 0.29) is 0 Å². The molecule has 2 aromatic heterocycles. The molecular weight excluding hydrogens is 268 g/mol. The van der Waals surface area contributed by atoms with Gasteiger partial charge in [0, 0.05) is 23.2 Å². The summed E-state index contributed by atoms with van der Waals surface area (Å²) in [6.07, 6.45) is 1.02. The van der Waals surface area contributed by atoms with E-state index in [9.17, 15) is 0 Å². The van der Waals surface area contributed by atoms with Gasteiger partial charge in [0.25, 0.3) is 0 Å². The van der Waals surface area contributed by atoms with Gasteiger partial charge in [0.05, 0.1) is 5.52 Å². The summed E-state index contributed by atoms with van der Waals surface area (Å²) in [5.41, 5.74) is 3.05. The number of H-pyrrole nitrogens is 1. The van der Waals surface area contributed by atoms with Gasteiger partial charge < -0.3 is 4.57 Å². The van der Waals surface area contributed by atoms with Gasteiger partial charge >= 0.3 is 0 Å². The Morgan fingerprint density at radius 2 is 2.10 bits per heavy atom. The van der Waals surface area contributed by atoms with Crippen LogP contribution in [0.2, 0.25) is 0 Å². The van der Waals surface area contributed by atoms with Crippen LogP contribution in [0.1, 0.15) is 19.0 Å². The molecule has 0 spiro atoms. The lowest BCUT2D eigenvalue weighted by Gasteiger charge is -2.09. The summed E-state index contributed by atoms with van der Waals surface area (Å²) in [7, 11) is 0. The third kappa shape index (κ3) is 2.14. The molecule has 0 aliphatic rings. The molecule has 0 atom stereocenters. The van der Waals surface area contributed by atoms with Gasteiger partial charge in [0.15, 0.2) is 10.6 Å². The van der Waals surface area contributed by atoms with Crippen LogP contribution < -0.4 is 0 Å². The average molecular weight is 284 g/mol. The SMILES string of the molecule is CCCn1c(-c2cc(C)nc3ccccc23)n[nH]c1=S. The number of hydrogen-bond acceptors (Lipinski definition) is 3. The molecule has 0 aliphatic carbocycles. The molecule has 0 bridgehead atoms. The van der Waals surface area contributed by atoms with Crippen molar-refractivity contribution in [1.82, 2.24) is 19.7 Å². The number of hydrogen-bond donors (Lipinski definition) is 1. The number of fused-ring (bicyclic) bond motifs is 1. The summed E-state index contributed by atoms with van der Waals surface area (Å²) in [4.78, 5) is 4.57. The lowest BCUT2D eigenvalue weighted by molar-refractivity contribution is 0.675. The highest BCUT2D eigenvalue weighted by Gasteiger charge is 2.12. The molecule has 102 valence electrons. The molecule has 0 saturated heterocycles. The molecule has 0 amide bonds. The fourth-order valence-electron chi connectivity index (χ4n) is 2.45. The first-order chi connectivity index (χ1) is 9.70. The average Bonchev–Trinajstić information content (AvgIpc) is 2.80. The highest BCUT2D eigenvalue weighted by molar-refractivity contribution is 7.71. The van der Waals surface area contributed by atoms with Gasteiger partial charge in [-0.05, 0) is 37.7 Å². The molecule has 0 saturated carbocycles. The van der Waals surface area contributed by atoms with Crippen LogP contribution >= 0.6 is 12.2 Å². The normalized spacial score (nSPS) is 11.1. The van der Waals surface area contributed by atoms with E-state index in [2.05, 4.69) is 38.8 Å². The Bertz CT molecular complexity index is 816. The highest BCUT2D eigenvalue weighted by Crippen LogP contribution is 2.27. The molecule has 3 aromatic rings. The summed E-state index contributed by atoms with van der Waals surface area (Å²) in [5, 5.41) is 8.42. The van der Waals surface area contributed by atoms with Crippen LogP contribution in [0.4, 0.5) is 0 Å². The second kappa shape index (κ2) is 5.17. The maximum Gasteiger partial charge on any atom is 0.195 e. The van der Waals surface area contributed by atoms with Crippen molar-refractivity contribution < 1.29 is 0 Å². The van der Waals surface area contributed by atoms with E-state index in [1.54, 1.807) is 0 Å². The topological polar surface area (TPSA) is 46.5 Å². The predicted molar refractivity (Wildman–Crippen MR) is 83.2 cm³/mol. The van der Waals surface area contributed by atoms with Gasteiger partial charge in [-0.25, -0.2) is 0 Å². The van der Waals surface area contributed by atoms with E-state index in [0.29, 0.717) is 4.77 Å². The lowest BCUT2D eigenvalue weighted by Crippen LogP contribution is -2.01. The van der Waals surface area contributed by atoms with Crippen molar-refractivity contribution in [3.63, 3.8) is 0 Å². The smallest absolute Gasteiger partial charge is 0.195 e. The van der Waals surface area contributed by atoms with Crippen LogP contribution in [0.25, 0.3) is 22.3 Å². The Kier molecular flexibility index (Phi) is 3.36. The second-order valence-corrected chi connectivity index (χ2v) is 5.22. The van der Waals surface area contributed by atoms with Gasteiger partial charge in [-0.3, -0.25) is 10.1 Å². The zero-order valence-electron chi connectivity index (χ0n) is 11.6. The summed E-state index contributed by atoms with van der Waals surface area (Å²) in [6.45, 7) is 5.00. The van der Waals surface area contributed by atoms with Crippen molar-refractivity contribution in [3.05, 3.63) is 40.8 Å². The first-order valence-electron chi connectivity index (χ1n) is 6.72. The molecule has 5 heteroatoms. The first-order valence-corrected chi connectivity index (χ1v) is 7.13. The number of pyridine rings is 1. The zero-order chi connectivity index (χ0) is 14.1. The molecule has 1 aromatic carbocycles. The monoisotopic (exact) mass is 284 g/mol. The zero-order valence-corrected chi connectivity index (χ0v) is 12.4. The van der Waals surface area contributed by atoms with Crippen molar-refractivity contribution >= 4 is 23.1 Å². The number of aromatic amines is 1. The molecule has 1 N–H and O–H groups in total. The third-order valence-electron chi connectivity index (χ3n) is 3.29.